The van der Waals surface area contributed by atoms with E-state index in [0.717, 1.165) is 15.8 Å². The van der Waals surface area contributed by atoms with Crippen molar-refractivity contribution >= 4 is 24.2 Å². The highest BCUT2D eigenvalue weighted by molar-refractivity contribution is 9.10. The summed E-state index contributed by atoms with van der Waals surface area (Å²) in [4.78, 5) is 0. The molecule has 0 aromatic heterocycles. The first kappa shape index (κ1) is 17.1. The molecule has 1 aromatic carbocycles. The van der Waals surface area contributed by atoms with Crippen LogP contribution in [0.3, 0.4) is 0 Å². The summed E-state index contributed by atoms with van der Waals surface area (Å²) < 4.78 is 12.6. The van der Waals surface area contributed by atoms with Crippen LogP contribution in [0, 0.1) is 11.3 Å². The number of ether oxygens (including phenoxy) is 1. The molecule has 0 heterocycles. The fraction of sp³-hybridized carbons (Fsp3) is 0.533. The topological polar surface area (TPSA) is 42.2 Å². The molecule has 0 amide bonds. The van der Waals surface area contributed by atoms with E-state index in [1.165, 1.54) is 0 Å². The summed E-state index contributed by atoms with van der Waals surface area (Å²) in [6.45, 7) is 11.0. The first-order valence-electron chi connectivity index (χ1n) is 6.55. The molecule has 5 heteroatoms. The minimum Gasteiger partial charge on any atom is -0.541 e. The van der Waals surface area contributed by atoms with Crippen LogP contribution in [-0.4, -0.2) is 15.4 Å². The van der Waals surface area contributed by atoms with Crippen molar-refractivity contribution in [1.29, 1.82) is 5.26 Å². The van der Waals surface area contributed by atoms with Crippen molar-refractivity contribution in [2.45, 2.75) is 45.3 Å². The predicted octanol–water partition coefficient (Wildman–Crippen LogP) is 4.91. The second-order valence-electron chi connectivity index (χ2n) is 6.29. The summed E-state index contributed by atoms with van der Waals surface area (Å²) in [7, 11) is -0.306. The second kappa shape index (κ2) is 6.19. The van der Waals surface area contributed by atoms with Crippen LogP contribution in [0.2, 0.25) is 18.1 Å². The summed E-state index contributed by atoms with van der Waals surface area (Å²) >= 11 is 3.47. The van der Waals surface area contributed by atoms with Gasteiger partial charge < -0.3 is 9.16 Å². The maximum absolute atomic E-state index is 8.89. The minimum absolute atomic E-state index is 0.112. The van der Waals surface area contributed by atoms with E-state index in [4.69, 9.17) is 14.4 Å². The van der Waals surface area contributed by atoms with Gasteiger partial charge in [-0.3, -0.25) is 0 Å². The van der Waals surface area contributed by atoms with Gasteiger partial charge in [-0.2, -0.15) is 5.26 Å². The van der Waals surface area contributed by atoms with E-state index in [9.17, 15) is 0 Å². The van der Waals surface area contributed by atoms with E-state index in [1.807, 2.05) is 12.1 Å². The number of halogens is 1. The molecule has 0 N–H and O–H groups in total. The number of hydrogen-bond acceptors (Lipinski definition) is 3. The maximum atomic E-state index is 8.89. The molecule has 0 atom stereocenters. The molecule has 20 heavy (non-hydrogen) atoms. The molecule has 1 rings (SSSR count). The Kier molecular flexibility index (Phi) is 5.28. The van der Waals surface area contributed by atoms with Crippen LogP contribution >= 0.6 is 15.9 Å². The number of rotatable bonds is 4. The van der Waals surface area contributed by atoms with Crippen molar-refractivity contribution in [3.63, 3.8) is 0 Å². The lowest BCUT2D eigenvalue weighted by Gasteiger charge is -2.37. The molecule has 0 bridgehead atoms. The van der Waals surface area contributed by atoms with Crippen LogP contribution < -0.4 is 9.16 Å². The normalized spacial score (nSPS) is 11.9. The first-order chi connectivity index (χ1) is 9.12. The molecule has 0 aliphatic carbocycles. The smallest absolute Gasteiger partial charge is 0.250 e. The van der Waals surface area contributed by atoms with Crippen LogP contribution in [0.25, 0.3) is 0 Å². The van der Waals surface area contributed by atoms with Crippen LogP contribution in [0.4, 0.5) is 0 Å². The quantitative estimate of drug-likeness (QED) is 0.720. The van der Waals surface area contributed by atoms with Crippen LogP contribution in [0.1, 0.15) is 26.3 Å². The average Bonchev–Trinajstić information content (AvgIpc) is 2.31. The van der Waals surface area contributed by atoms with Gasteiger partial charge in [0, 0.05) is 4.47 Å². The fourth-order valence-corrected chi connectivity index (χ4v) is 2.94. The van der Waals surface area contributed by atoms with Crippen LogP contribution in [-0.2, 0) is 6.42 Å². The highest BCUT2D eigenvalue weighted by Crippen LogP contribution is 2.41. The number of nitrogens with zero attached hydrogens (tertiary/aromatic N) is 1. The van der Waals surface area contributed by atoms with Crippen LogP contribution in [0.5, 0.6) is 11.5 Å². The van der Waals surface area contributed by atoms with E-state index >= 15 is 0 Å². The molecule has 0 unspecified atom stereocenters. The average molecular weight is 356 g/mol. The van der Waals surface area contributed by atoms with Gasteiger partial charge in [0.2, 0.25) is 0 Å². The Morgan fingerprint density at radius 1 is 1.25 bits per heavy atom. The van der Waals surface area contributed by atoms with Crippen molar-refractivity contribution in [1.82, 2.24) is 0 Å². The monoisotopic (exact) mass is 355 g/mol. The molecule has 0 fully saturated rings. The van der Waals surface area contributed by atoms with Gasteiger partial charge in [-0.1, -0.05) is 36.7 Å². The number of benzene rings is 1. The van der Waals surface area contributed by atoms with Gasteiger partial charge in [0.05, 0.1) is 19.6 Å². The maximum Gasteiger partial charge on any atom is 0.250 e. The molecule has 1 aromatic rings. The zero-order chi connectivity index (χ0) is 15.6. The molecule has 0 spiro atoms. The number of methoxy groups -OCH3 is 1. The molecular weight excluding hydrogens is 334 g/mol. The third-order valence-electron chi connectivity index (χ3n) is 3.77. The molecule has 0 aliphatic heterocycles. The summed E-state index contributed by atoms with van der Waals surface area (Å²) in [5.74, 6) is 1.43. The van der Waals surface area contributed by atoms with Crippen molar-refractivity contribution in [3.05, 3.63) is 22.2 Å². The third kappa shape index (κ3) is 3.77. The predicted molar refractivity (Wildman–Crippen MR) is 87.8 cm³/mol. The van der Waals surface area contributed by atoms with E-state index < -0.39 is 8.32 Å². The van der Waals surface area contributed by atoms with Gasteiger partial charge in [-0.25, -0.2) is 0 Å². The van der Waals surface area contributed by atoms with E-state index in [1.54, 1.807) is 7.11 Å². The third-order valence-corrected chi connectivity index (χ3v) is 8.85. The lowest BCUT2D eigenvalue weighted by Crippen LogP contribution is -2.43. The van der Waals surface area contributed by atoms with E-state index in [2.05, 4.69) is 55.9 Å². The number of hydrogen-bond donors (Lipinski definition) is 0. The zero-order valence-corrected chi connectivity index (χ0v) is 15.6. The van der Waals surface area contributed by atoms with Crippen molar-refractivity contribution in [2.75, 3.05) is 7.11 Å². The van der Waals surface area contributed by atoms with Gasteiger partial charge >= 0.3 is 0 Å². The van der Waals surface area contributed by atoms with Crippen molar-refractivity contribution in [3.8, 4) is 17.6 Å². The Balaban J connectivity index is 3.23. The standard InChI is InChI=1S/C15H22BrNO2Si/c1-15(2,3)20(5,6)19-14-9-11(7-8-17)12(16)10-13(14)18-4/h9-10H,7H2,1-6H3. The summed E-state index contributed by atoms with van der Waals surface area (Å²) in [6.07, 6.45) is 0.346. The van der Waals surface area contributed by atoms with Gasteiger partial charge in [0.1, 0.15) is 5.75 Å². The van der Waals surface area contributed by atoms with Gasteiger partial charge in [-0.05, 0) is 35.8 Å². The Hall–Kier alpha value is -0.993. The lowest BCUT2D eigenvalue weighted by atomic mass is 10.1. The summed E-state index contributed by atoms with van der Waals surface area (Å²) in [6, 6.07) is 5.95. The first-order valence-corrected chi connectivity index (χ1v) is 10.2. The zero-order valence-electron chi connectivity index (χ0n) is 13.0. The highest BCUT2D eigenvalue weighted by atomic mass is 79.9. The SMILES string of the molecule is COc1cc(Br)c(CC#N)cc1O[Si](C)(C)C(C)(C)C. The lowest BCUT2D eigenvalue weighted by molar-refractivity contribution is 0.385. The Morgan fingerprint density at radius 3 is 2.30 bits per heavy atom. The molecule has 0 aliphatic rings. The molecule has 0 radical (unpaired) electrons. The number of nitriles is 1. The minimum atomic E-state index is -1.93. The van der Waals surface area contributed by atoms with E-state index in [0.29, 0.717) is 12.2 Å². The van der Waals surface area contributed by atoms with Crippen molar-refractivity contribution < 1.29 is 9.16 Å². The fourth-order valence-electron chi connectivity index (χ4n) is 1.47. The summed E-state index contributed by atoms with van der Waals surface area (Å²) in [5.41, 5.74) is 0.919. The highest BCUT2D eigenvalue weighted by Gasteiger charge is 2.39. The molecule has 3 nitrogen and oxygen atoms in total. The molecular formula is C15H22BrNO2Si. The van der Waals surface area contributed by atoms with Crippen LogP contribution in [0.15, 0.2) is 16.6 Å². The Bertz CT molecular complexity index is 530. The second-order valence-corrected chi connectivity index (χ2v) is 11.9. The van der Waals surface area contributed by atoms with Gasteiger partial charge in [0.25, 0.3) is 8.32 Å². The van der Waals surface area contributed by atoms with Gasteiger partial charge in [-0.15, -0.1) is 0 Å². The Morgan fingerprint density at radius 2 is 1.85 bits per heavy atom. The Labute approximate surface area is 131 Å². The molecule has 0 saturated heterocycles. The van der Waals surface area contributed by atoms with Crippen molar-refractivity contribution in [2.24, 2.45) is 0 Å². The molecule has 0 saturated carbocycles. The van der Waals surface area contributed by atoms with E-state index in [-0.39, 0.29) is 5.04 Å². The van der Waals surface area contributed by atoms with Gasteiger partial charge in [0.15, 0.2) is 5.75 Å². The summed E-state index contributed by atoms with van der Waals surface area (Å²) in [5, 5.41) is 9.00. The largest absolute Gasteiger partial charge is 0.541 e. The molecule has 110 valence electrons.